The van der Waals surface area contributed by atoms with Gasteiger partial charge in [0.05, 0.1) is 11.5 Å². The quantitative estimate of drug-likeness (QED) is 0.855. The number of carboxylic acids is 1. The zero-order chi connectivity index (χ0) is 13.1. The summed E-state index contributed by atoms with van der Waals surface area (Å²) in [5.41, 5.74) is 1.34. The third kappa shape index (κ3) is 2.43. The molecule has 2 rings (SSSR count). The molecule has 0 aliphatic carbocycles. The van der Waals surface area contributed by atoms with Crippen LogP contribution in [0.1, 0.15) is 24.1 Å². The zero-order valence-electron chi connectivity index (χ0n) is 10.3. The number of aromatic nitrogens is 1. The summed E-state index contributed by atoms with van der Waals surface area (Å²) < 4.78 is 0. The predicted molar refractivity (Wildman–Crippen MR) is 66.3 cm³/mol. The van der Waals surface area contributed by atoms with Crippen LogP contribution in [0.25, 0.3) is 0 Å². The molecule has 0 spiro atoms. The van der Waals surface area contributed by atoms with Gasteiger partial charge in [-0.2, -0.15) is 5.26 Å². The number of hydrogen-bond donors (Lipinski definition) is 1. The van der Waals surface area contributed by atoms with Gasteiger partial charge in [0.2, 0.25) is 0 Å². The molecule has 0 saturated carbocycles. The highest BCUT2D eigenvalue weighted by Crippen LogP contribution is 2.24. The van der Waals surface area contributed by atoms with Crippen molar-refractivity contribution in [2.75, 3.05) is 18.0 Å². The summed E-state index contributed by atoms with van der Waals surface area (Å²) in [5, 5.41) is 18.2. The minimum atomic E-state index is -0.772. The molecule has 2 heterocycles. The molecule has 94 valence electrons. The molecule has 5 heteroatoms. The van der Waals surface area contributed by atoms with Crippen molar-refractivity contribution in [1.29, 1.82) is 5.26 Å². The molecule has 1 aliphatic heterocycles. The molecule has 0 aromatic carbocycles. The van der Waals surface area contributed by atoms with Crippen LogP contribution in [0.15, 0.2) is 12.1 Å². The molecule has 0 bridgehead atoms. The van der Waals surface area contributed by atoms with Crippen LogP contribution in [0.5, 0.6) is 0 Å². The summed E-state index contributed by atoms with van der Waals surface area (Å²) in [7, 11) is 0. The number of carbonyl (C=O) groups is 1. The Bertz CT molecular complexity index is 507. The second-order valence-electron chi connectivity index (χ2n) is 4.56. The topological polar surface area (TPSA) is 77.2 Å². The SMILES string of the molecule is Cc1ccc(C#N)c(N2CCC[C@H](C(=O)O)C2)n1. The van der Waals surface area contributed by atoms with E-state index in [0.717, 1.165) is 18.7 Å². The van der Waals surface area contributed by atoms with E-state index in [1.807, 2.05) is 11.8 Å². The largest absolute Gasteiger partial charge is 0.481 e. The average Bonchev–Trinajstić information content (AvgIpc) is 2.39. The number of aryl methyl sites for hydroxylation is 1. The lowest BCUT2D eigenvalue weighted by molar-refractivity contribution is -0.141. The van der Waals surface area contributed by atoms with Gasteiger partial charge in [-0.25, -0.2) is 4.98 Å². The van der Waals surface area contributed by atoms with Crippen molar-refractivity contribution >= 4 is 11.8 Å². The molecule has 1 aromatic heterocycles. The Morgan fingerprint density at radius 1 is 1.61 bits per heavy atom. The van der Waals surface area contributed by atoms with Gasteiger partial charge in [0.1, 0.15) is 11.9 Å². The van der Waals surface area contributed by atoms with E-state index in [1.54, 1.807) is 12.1 Å². The molecule has 1 aliphatic rings. The van der Waals surface area contributed by atoms with Crippen LogP contribution in [0.4, 0.5) is 5.82 Å². The van der Waals surface area contributed by atoms with Gasteiger partial charge in [0.25, 0.3) is 0 Å². The molecule has 5 nitrogen and oxygen atoms in total. The third-order valence-electron chi connectivity index (χ3n) is 3.20. The fourth-order valence-corrected chi connectivity index (χ4v) is 2.24. The summed E-state index contributed by atoms with van der Waals surface area (Å²) in [4.78, 5) is 17.3. The first-order chi connectivity index (χ1) is 8.61. The van der Waals surface area contributed by atoms with Crippen molar-refractivity contribution in [2.24, 2.45) is 5.92 Å². The highest BCUT2D eigenvalue weighted by atomic mass is 16.4. The van der Waals surface area contributed by atoms with Crippen molar-refractivity contribution in [3.63, 3.8) is 0 Å². The number of hydrogen-bond acceptors (Lipinski definition) is 4. The second kappa shape index (κ2) is 5.05. The maximum atomic E-state index is 11.0. The van der Waals surface area contributed by atoms with Crippen LogP contribution in [-0.4, -0.2) is 29.1 Å². The molecule has 0 amide bonds. The number of aliphatic carboxylic acids is 1. The molecule has 1 atom stereocenters. The Morgan fingerprint density at radius 3 is 3.06 bits per heavy atom. The third-order valence-corrected chi connectivity index (χ3v) is 3.20. The Hall–Kier alpha value is -2.09. The molecule has 0 unspecified atom stereocenters. The van der Waals surface area contributed by atoms with E-state index in [2.05, 4.69) is 11.1 Å². The smallest absolute Gasteiger partial charge is 0.308 e. The molecular formula is C13H15N3O2. The summed E-state index contributed by atoms with van der Waals surface area (Å²) in [6.45, 7) is 3.05. The Morgan fingerprint density at radius 2 is 2.39 bits per heavy atom. The van der Waals surface area contributed by atoms with Gasteiger partial charge in [-0.1, -0.05) is 0 Å². The molecule has 1 fully saturated rings. The lowest BCUT2D eigenvalue weighted by Gasteiger charge is -2.32. The fraction of sp³-hybridized carbons (Fsp3) is 0.462. The number of rotatable bonds is 2. The molecule has 18 heavy (non-hydrogen) atoms. The summed E-state index contributed by atoms with van der Waals surface area (Å²) in [6.07, 6.45) is 1.51. The van der Waals surface area contributed by atoms with E-state index >= 15 is 0 Å². The number of piperidine rings is 1. The highest BCUT2D eigenvalue weighted by Gasteiger charge is 2.27. The summed E-state index contributed by atoms with van der Waals surface area (Å²) in [5.74, 6) is -0.526. The van der Waals surface area contributed by atoms with Gasteiger partial charge < -0.3 is 10.0 Å². The van der Waals surface area contributed by atoms with Gasteiger partial charge in [-0.05, 0) is 31.9 Å². The molecule has 1 saturated heterocycles. The fourth-order valence-electron chi connectivity index (χ4n) is 2.24. The molecule has 1 N–H and O–H groups in total. The van der Waals surface area contributed by atoms with E-state index in [0.29, 0.717) is 24.3 Å². The van der Waals surface area contributed by atoms with Crippen molar-refractivity contribution in [1.82, 2.24) is 4.98 Å². The number of carboxylic acid groups (broad SMARTS) is 1. The van der Waals surface area contributed by atoms with Gasteiger partial charge in [0, 0.05) is 18.8 Å². The van der Waals surface area contributed by atoms with Crippen molar-refractivity contribution in [2.45, 2.75) is 19.8 Å². The molecule has 1 aromatic rings. The summed E-state index contributed by atoms with van der Waals surface area (Å²) in [6, 6.07) is 5.64. The monoisotopic (exact) mass is 245 g/mol. The predicted octanol–water partition coefficient (Wildman–Crippen LogP) is 1.56. The first-order valence-corrected chi connectivity index (χ1v) is 5.97. The van der Waals surface area contributed by atoms with Gasteiger partial charge in [-0.3, -0.25) is 4.79 Å². The zero-order valence-corrected chi connectivity index (χ0v) is 10.3. The number of anilines is 1. The van der Waals surface area contributed by atoms with Crippen LogP contribution in [0, 0.1) is 24.2 Å². The van der Waals surface area contributed by atoms with Gasteiger partial charge >= 0.3 is 5.97 Å². The standard InChI is InChI=1S/C13H15N3O2/c1-9-4-5-10(7-14)12(15-9)16-6-2-3-11(8-16)13(17)18/h4-5,11H,2-3,6,8H2,1H3,(H,17,18)/t11-/m0/s1. The number of pyridine rings is 1. The van der Waals surface area contributed by atoms with Crippen molar-refractivity contribution < 1.29 is 9.90 Å². The first kappa shape index (κ1) is 12.4. The van der Waals surface area contributed by atoms with Gasteiger partial charge in [0.15, 0.2) is 0 Å². The van der Waals surface area contributed by atoms with Crippen molar-refractivity contribution in [3.05, 3.63) is 23.4 Å². The van der Waals surface area contributed by atoms with Crippen LogP contribution < -0.4 is 4.90 Å². The molecule has 0 radical (unpaired) electrons. The van der Waals surface area contributed by atoms with E-state index < -0.39 is 5.97 Å². The van der Waals surface area contributed by atoms with E-state index in [1.165, 1.54) is 0 Å². The van der Waals surface area contributed by atoms with Crippen LogP contribution in [0.2, 0.25) is 0 Å². The second-order valence-corrected chi connectivity index (χ2v) is 4.56. The summed E-state index contributed by atoms with van der Waals surface area (Å²) >= 11 is 0. The number of nitriles is 1. The Balaban J connectivity index is 2.28. The number of nitrogens with zero attached hydrogens (tertiary/aromatic N) is 3. The Kier molecular flexibility index (Phi) is 3.47. The van der Waals surface area contributed by atoms with Crippen LogP contribution in [-0.2, 0) is 4.79 Å². The van der Waals surface area contributed by atoms with E-state index in [4.69, 9.17) is 10.4 Å². The lowest BCUT2D eigenvalue weighted by atomic mass is 9.98. The average molecular weight is 245 g/mol. The van der Waals surface area contributed by atoms with Crippen LogP contribution in [0.3, 0.4) is 0 Å². The van der Waals surface area contributed by atoms with Crippen LogP contribution >= 0.6 is 0 Å². The normalized spacial score (nSPS) is 19.3. The minimum Gasteiger partial charge on any atom is -0.481 e. The van der Waals surface area contributed by atoms with E-state index in [-0.39, 0.29) is 5.92 Å². The molecular weight excluding hydrogens is 230 g/mol. The lowest BCUT2D eigenvalue weighted by Crippen LogP contribution is -2.39. The van der Waals surface area contributed by atoms with Gasteiger partial charge in [-0.15, -0.1) is 0 Å². The maximum Gasteiger partial charge on any atom is 0.308 e. The maximum absolute atomic E-state index is 11.0. The highest BCUT2D eigenvalue weighted by molar-refractivity contribution is 5.71. The first-order valence-electron chi connectivity index (χ1n) is 5.97. The van der Waals surface area contributed by atoms with E-state index in [9.17, 15) is 4.79 Å². The van der Waals surface area contributed by atoms with Crippen molar-refractivity contribution in [3.8, 4) is 6.07 Å². The Labute approximate surface area is 106 Å². The minimum absolute atomic E-state index is 0.368.